The molecule has 0 spiro atoms. The third kappa shape index (κ3) is 3.76. The van der Waals surface area contributed by atoms with E-state index in [0.29, 0.717) is 17.9 Å². The molecule has 28 heavy (non-hydrogen) atoms. The van der Waals surface area contributed by atoms with Crippen molar-refractivity contribution in [2.75, 3.05) is 6.54 Å². The van der Waals surface area contributed by atoms with Crippen LogP contribution in [0.25, 0.3) is 0 Å². The fourth-order valence-electron chi connectivity index (χ4n) is 3.85. The van der Waals surface area contributed by atoms with Crippen LogP contribution >= 0.6 is 11.6 Å². The van der Waals surface area contributed by atoms with Gasteiger partial charge in [0.1, 0.15) is 0 Å². The molecule has 0 radical (unpaired) electrons. The summed E-state index contributed by atoms with van der Waals surface area (Å²) < 4.78 is 41.0. The summed E-state index contributed by atoms with van der Waals surface area (Å²) in [7, 11) is 0. The molecule has 1 aliphatic carbocycles. The number of hydrogen-bond donors (Lipinski definition) is 2. The molecule has 1 amide bonds. The predicted molar refractivity (Wildman–Crippen MR) is 101 cm³/mol. The maximum absolute atomic E-state index is 13.7. The van der Waals surface area contributed by atoms with Gasteiger partial charge in [-0.25, -0.2) is 0 Å². The Hall–Kier alpha value is -2.05. The molecule has 2 aromatic rings. The van der Waals surface area contributed by atoms with Crippen molar-refractivity contribution in [2.24, 2.45) is 0 Å². The molecule has 0 heterocycles. The molecule has 1 unspecified atom stereocenters. The molecule has 2 N–H and O–H groups in total. The molecule has 1 saturated carbocycles. The number of carbonyl (C=O) groups is 1. The first-order valence-corrected chi connectivity index (χ1v) is 9.46. The summed E-state index contributed by atoms with van der Waals surface area (Å²) in [6.45, 7) is -0.950. The molecular formula is C21H21ClF3NO2. The third-order valence-electron chi connectivity index (χ3n) is 5.51. The summed E-state index contributed by atoms with van der Waals surface area (Å²) in [4.78, 5) is 13.0. The second kappa shape index (κ2) is 7.76. The topological polar surface area (TPSA) is 49.3 Å². The van der Waals surface area contributed by atoms with Gasteiger partial charge in [-0.05, 0) is 36.1 Å². The zero-order chi connectivity index (χ0) is 20.4. The molecule has 0 saturated heterocycles. The number of halogens is 4. The number of benzene rings is 2. The lowest BCUT2D eigenvalue weighted by Crippen LogP contribution is -2.54. The maximum atomic E-state index is 13.7. The standard InChI is InChI=1S/C21H21ClF3NO2/c22-17-10-8-15(9-11-17)19(12-4-5-13-19)18(27)26-14-20(28,21(23,24)25)16-6-2-1-3-7-16/h1-3,6-11,28H,4-5,12-14H2,(H,26,27). The van der Waals surface area contributed by atoms with Crippen LogP contribution in [0.15, 0.2) is 54.6 Å². The monoisotopic (exact) mass is 411 g/mol. The molecular weight excluding hydrogens is 391 g/mol. The first-order chi connectivity index (χ1) is 13.2. The Morgan fingerprint density at radius 2 is 1.61 bits per heavy atom. The number of nitrogens with one attached hydrogen (secondary N) is 1. The van der Waals surface area contributed by atoms with E-state index >= 15 is 0 Å². The number of amides is 1. The van der Waals surface area contributed by atoms with Crippen molar-refractivity contribution in [3.05, 3.63) is 70.7 Å². The van der Waals surface area contributed by atoms with Gasteiger partial charge in [0.2, 0.25) is 11.5 Å². The van der Waals surface area contributed by atoms with Gasteiger partial charge in [0.25, 0.3) is 0 Å². The van der Waals surface area contributed by atoms with E-state index < -0.39 is 29.6 Å². The van der Waals surface area contributed by atoms with E-state index in [2.05, 4.69) is 5.32 Å². The van der Waals surface area contributed by atoms with Gasteiger partial charge in [0.05, 0.1) is 12.0 Å². The minimum absolute atomic E-state index is 0.310. The van der Waals surface area contributed by atoms with Crippen LogP contribution in [0.5, 0.6) is 0 Å². The normalized spacial score (nSPS) is 18.5. The quantitative estimate of drug-likeness (QED) is 0.748. The molecule has 3 rings (SSSR count). The lowest BCUT2D eigenvalue weighted by Gasteiger charge is -2.34. The molecule has 7 heteroatoms. The minimum atomic E-state index is -4.94. The van der Waals surface area contributed by atoms with Gasteiger partial charge in [-0.2, -0.15) is 13.2 Å². The highest BCUT2D eigenvalue weighted by Crippen LogP contribution is 2.43. The van der Waals surface area contributed by atoms with Crippen LogP contribution in [-0.2, 0) is 15.8 Å². The van der Waals surface area contributed by atoms with Crippen molar-refractivity contribution in [3.8, 4) is 0 Å². The fourth-order valence-corrected chi connectivity index (χ4v) is 3.98. The third-order valence-corrected chi connectivity index (χ3v) is 5.77. The van der Waals surface area contributed by atoms with Crippen molar-refractivity contribution < 1.29 is 23.1 Å². The number of hydrogen-bond acceptors (Lipinski definition) is 2. The number of aliphatic hydroxyl groups is 1. The summed E-state index contributed by atoms with van der Waals surface area (Å²) in [5, 5.41) is 13.3. The maximum Gasteiger partial charge on any atom is 0.423 e. The molecule has 150 valence electrons. The van der Waals surface area contributed by atoms with Crippen molar-refractivity contribution in [2.45, 2.75) is 42.9 Å². The first kappa shape index (κ1) is 20.7. The molecule has 1 fully saturated rings. The Bertz CT molecular complexity index is 818. The van der Waals surface area contributed by atoms with Gasteiger partial charge in [0, 0.05) is 5.02 Å². The van der Waals surface area contributed by atoms with E-state index in [-0.39, 0.29) is 5.56 Å². The number of rotatable bonds is 5. The van der Waals surface area contributed by atoms with Gasteiger partial charge in [0.15, 0.2) is 0 Å². The lowest BCUT2D eigenvalue weighted by atomic mass is 9.77. The second-order valence-corrected chi connectivity index (χ2v) is 7.64. The van der Waals surface area contributed by atoms with Crippen LogP contribution in [0.1, 0.15) is 36.8 Å². The number of carbonyl (C=O) groups excluding carboxylic acids is 1. The molecule has 2 aromatic carbocycles. The highest BCUT2D eigenvalue weighted by molar-refractivity contribution is 6.30. The summed E-state index contributed by atoms with van der Waals surface area (Å²) >= 11 is 5.92. The molecule has 3 nitrogen and oxygen atoms in total. The van der Waals surface area contributed by atoms with Gasteiger partial charge in [-0.3, -0.25) is 4.79 Å². The molecule has 1 aliphatic rings. The molecule has 0 aliphatic heterocycles. The van der Waals surface area contributed by atoms with E-state index in [1.54, 1.807) is 30.3 Å². The Labute approximate surface area is 166 Å². The van der Waals surface area contributed by atoms with E-state index in [1.165, 1.54) is 24.3 Å². The second-order valence-electron chi connectivity index (χ2n) is 7.20. The first-order valence-electron chi connectivity index (χ1n) is 9.08. The van der Waals surface area contributed by atoms with Gasteiger partial charge >= 0.3 is 6.18 Å². The fraction of sp³-hybridized carbons (Fsp3) is 0.381. The average Bonchev–Trinajstić information content (AvgIpc) is 3.17. The van der Waals surface area contributed by atoms with Crippen molar-refractivity contribution >= 4 is 17.5 Å². The highest BCUT2D eigenvalue weighted by atomic mass is 35.5. The Morgan fingerprint density at radius 1 is 1.04 bits per heavy atom. The molecule has 0 aromatic heterocycles. The summed E-state index contributed by atoms with van der Waals surface area (Å²) in [5.74, 6) is -0.508. The van der Waals surface area contributed by atoms with E-state index in [1.807, 2.05) is 0 Å². The van der Waals surface area contributed by atoms with Crippen molar-refractivity contribution in [1.82, 2.24) is 5.32 Å². The van der Waals surface area contributed by atoms with Crippen LogP contribution in [0.3, 0.4) is 0 Å². The summed E-state index contributed by atoms with van der Waals surface area (Å²) in [6.07, 6.45) is -2.26. The lowest BCUT2D eigenvalue weighted by molar-refractivity contribution is -0.264. The highest BCUT2D eigenvalue weighted by Gasteiger charge is 2.55. The van der Waals surface area contributed by atoms with Gasteiger partial charge in [-0.15, -0.1) is 0 Å². The SMILES string of the molecule is O=C(NCC(O)(c1ccccc1)C(F)(F)F)C1(c2ccc(Cl)cc2)CCCC1. The average molecular weight is 412 g/mol. The van der Waals surface area contributed by atoms with Crippen LogP contribution in [-0.4, -0.2) is 23.7 Å². The van der Waals surface area contributed by atoms with Crippen molar-refractivity contribution in [1.29, 1.82) is 0 Å². The van der Waals surface area contributed by atoms with Crippen LogP contribution < -0.4 is 5.32 Å². The molecule has 1 atom stereocenters. The largest absolute Gasteiger partial charge is 0.423 e. The van der Waals surface area contributed by atoms with E-state index in [9.17, 15) is 23.1 Å². The zero-order valence-electron chi connectivity index (χ0n) is 15.1. The summed E-state index contributed by atoms with van der Waals surface area (Å²) in [6, 6.07) is 13.6. The Morgan fingerprint density at radius 3 is 2.14 bits per heavy atom. The van der Waals surface area contributed by atoms with Crippen LogP contribution in [0, 0.1) is 0 Å². The smallest absolute Gasteiger partial charge is 0.375 e. The van der Waals surface area contributed by atoms with E-state index in [0.717, 1.165) is 18.4 Å². The van der Waals surface area contributed by atoms with Crippen LogP contribution in [0.4, 0.5) is 13.2 Å². The predicted octanol–water partition coefficient (Wildman–Crippen LogP) is 4.72. The van der Waals surface area contributed by atoms with Crippen LogP contribution in [0.2, 0.25) is 5.02 Å². The van der Waals surface area contributed by atoms with Gasteiger partial charge in [-0.1, -0.05) is 66.9 Å². The Kier molecular flexibility index (Phi) is 5.73. The summed E-state index contributed by atoms with van der Waals surface area (Å²) in [5.41, 5.74) is -3.66. The van der Waals surface area contributed by atoms with Crippen molar-refractivity contribution in [3.63, 3.8) is 0 Å². The van der Waals surface area contributed by atoms with E-state index in [4.69, 9.17) is 11.6 Å². The Balaban J connectivity index is 1.86. The molecule has 0 bridgehead atoms. The minimum Gasteiger partial charge on any atom is -0.375 e. The zero-order valence-corrected chi connectivity index (χ0v) is 15.9. The van der Waals surface area contributed by atoms with Gasteiger partial charge < -0.3 is 10.4 Å². The number of alkyl halides is 3.